The molecule has 11 nitrogen and oxygen atoms in total. The van der Waals surface area contributed by atoms with Gasteiger partial charge in [0.05, 0.1) is 29.6 Å². The van der Waals surface area contributed by atoms with Crippen molar-refractivity contribution < 1.29 is 54.4 Å². The van der Waals surface area contributed by atoms with E-state index in [0.29, 0.717) is 37.7 Å². The van der Waals surface area contributed by atoms with Crippen LogP contribution >= 0.6 is 0 Å². The first-order chi connectivity index (χ1) is 16.9. The number of hydrogen-bond donors (Lipinski definition) is 6. The van der Waals surface area contributed by atoms with E-state index in [9.17, 15) is 40.2 Å². The summed E-state index contributed by atoms with van der Waals surface area (Å²) in [5.41, 5.74) is -3.68. The number of hydrogen-bond acceptors (Lipinski definition) is 10. The minimum Gasteiger partial charge on any atom is -0.481 e. The second-order valence-electron chi connectivity index (χ2n) is 12.1. The first-order valence-corrected chi connectivity index (χ1v) is 12.7. The monoisotopic (exact) mass is 510 g/mol. The van der Waals surface area contributed by atoms with Crippen molar-refractivity contribution in [2.75, 3.05) is 6.61 Å². The average molecular weight is 511 g/mol. The summed E-state index contributed by atoms with van der Waals surface area (Å²) < 4.78 is 17.8. The van der Waals surface area contributed by atoms with Crippen molar-refractivity contribution in [2.45, 2.75) is 93.5 Å². The lowest BCUT2D eigenvalue weighted by Crippen LogP contribution is -2.62. The van der Waals surface area contributed by atoms with Crippen LogP contribution in [0.4, 0.5) is 0 Å². The standard InChI is InChI=1S/C25H34O11/c1-10-7-23-9-24(10,33)5-3-12(23)25-6-4-13(22(2,21(32)36-25)18(25)14(23)19(30)31)35-20-17(29)16(28)15(27)11(8-26)34-20/h11-18,20,26-29,33H,1,3-9H2,2H3,(H,30,31)/t11?,12-,13?,14-,15?,16?,17?,18-,20?,22-,23+,24+,25-/m1/s1. The lowest BCUT2D eigenvalue weighted by Gasteiger charge is -2.48. The number of aliphatic hydroxyl groups excluding tert-OH is 4. The van der Waals surface area contributed by atoms with E-state index in [1.807, 2.05) is 0 Å². The van der Waals surface area contributed by atoms with E-state index in [1.165, 1.54) is 0 Å². The Morgan fingerprint density at radius 2 is 1.89 bits per heavy atom. The predicted octanol–water partition coefficient (Wildman–Crippen LogP) is -0.925. The molecule has 0 aromatic carbocycles. The minimum atomic E-state index is -1.65. The van der Waals surface area contributed by atoms with Gasteiger partial charge in [0.2, 0.25) is 0 Å². The van der Waals surface area contributed by atoms with E-state index in [-0.39, 0.29) is 12.3 Å². The van der Waals surface area contributed by atoms with E-state index in [4.69, 9.17) is 14.2 Å². The summed E-state index contributed by atoms with van der Waals surface area (Å²) in [7, 11) is 0. The molecule has 6 aliphatic rings. The maximum Gasteiger partial charge on any atom is 0.315 e. The summed E-state index contributed by atoms with van der Waals surface area (Å²) in [6, 6.07) is 0. The maximum absolute atomic E-state index is 13.5. The Balaban J connectivity index is 1.39. The molecule has 6 rings (SSSR count). The van der Waals surface area contributed by atoms with Crippen molar-refractivity contribution in [1.29, 1.82) is 0 Å². The highest BCUT2D eigenvalue weighted by molar-refractivity contribution is 5.85. The lowest BCUT2D eigenvalue weighted by atomic mass is 9.59. The molecule has 1 spiro atoms. The Morgan fingerprint density at radius 1 is 1.17 bits per heavy atom. The van der Waals surface area contributed by atoms with Crippen molar-refractivity contribution >= 4 is 11.9 Å². The van der Waals surface area contributed by atoms with Crippen LogP contribution in [0.25, 0.3) is 0 Å². The molecule has 36 heavy (non-hydrogen) atoms. The van der Waals surface area contributed by atoms with Gasteiger partial charge in [0, 0.05) is 11.8 Å². The lowest BCUT2D eigenvalue weighted by molar-refractivity contribution is -0.322. The van der Waals surface area contributed by atoms with Crippen LogP contribution in [0.15, 0.2) is 12.2 Å². The topological polar surface area (TPSA) is 183 Å². The van der Waals surface area contributed by atoms with Gasteiger partial charge >= 0.3 is 11.9 Å². The van der Waals surface area contributed by atoms with Crippen LogP contribution in [0.5, 0.6) is 0 Å². The molecule has 0 aromatic rings. The van der Waals surface area contributed by atoms with Crippen LogP contribution in [-0.2, 0) is 23.8 Å². The van der Waals surface area contributed by atoms with Crippen LogP contribution in [0.3, 0.4) is 0 Å². The predicted molar refractivity (Wildman–Crippen MR) is 118 cm³/mol. The molecule has 200 valence electrons. The van der Waals surface area contributed by atoms with Crippen LogP contribution in [0.1, 0.15) is 45.4 Å². The SMILES string of the molecule is C=C1C[C@]23C[C@@]1(O)CC[C@H]2[C@@]12CCC(OC4OC(CO)C(O)C(O)C4O)[C@@](C)(C(=O)O1)[C@H]2[C@@H]3C(=O)O. The highest BCUT2D eigenvalue weighted by atomic mass is 16.7. The van der Waals surface area contributed by atoms with E-state index in [0.717, 1.165) is 0 Å². The molecule has 4 saturated carbocycles. The van der Waals surface area contributed by atoms with Crippen molar-refractivity contribution in [3.63, 3.8) is 0 Å². The number of fused-ring (bicyclic) bond motifs is 1. The van der Waals surface area contributed by atoms with Crippen LogP contribution in [0.2, 0.25) is 0 Å². The van der Waals surface area contributed by atoms with E-state index in [1.54, 1.807) is 6.92 Å². The zero-order valence-electron chi connectivity index (χ0n) is 20.1. The van der Waals surface area contributed by atoms with Crippen molar-refractivity contribution in [3.05, 3.63) is 12.2 Å². The van der Waals surface area contributed by atoms with E-state index < -0.39 is 89.2 Å². The van der Waals surface area contributed by atoms with Gasteiger partial charge in [0.25, 0.3) is 0 Å². The largest absolute Gasteiger partial charge is 0.481 e. The number of ether oxygens (including phenoxy) is 3. The maximum atomic E-state index is 13.5. The molecule has 0 radical (unpaired) electrons. The number of carbonyl (C=O) groups excluding carboxylic acids is 1. The molecule has 0 aromatic heterocycles. The van der Waals surface area contributed by atoms with Gasteiger partial charge in [-0.3, -0.25) is 9.59 Å². The fraction of sp³-hybridized carbons (Fsp3) is 0.840. The quantitative estimate of drug-likeness (QED) is 0.203. The number of carboxylic acid groups (broad SMARTS) is 1. The van der Waals surface area contributed by atoms with Gasteiger partial charge in [-0.2, -0.15) is 0 Å². The number of rotatable bonds is 4. The normalized spacial score (nSPS) is 57.3. The van der Waals surface area contributed by atoms with Gasteiger partial charge in [0.15, 0.2) is 6.29 Å². The van der Waals surface area contributed by atoms with Crippen molar-refractivity contribution in [2.24, 2.45) is 28.6 Å². The summed E-state index contributed by atoms with van der Waals surface area (Å²) in [6.45, 7) is 5.08. The number of esters is 1. The highest BCUT2D eigenvalue weighted by Crippen LogP contribution is 2.78. The molecule has 6 unspecified atom stereocenters. The number of carbonyl (C=O) groups is 2. The molecule has 0 amide bonds. The van der Waals surface area contributed by atoms with Gasteiger partial charge in [-0.05, 0) is 56.4 Å². The molecule has 11 heteroatoms. The molecule has 4 aliphatic carbocycles. The molecule has 2 aliphatic heterocycles. The third-order valence-corrected chi connectivity index (χ3v) is 10.7. The van der Waals surface area contributed by atoms with Crippen molar-refractivity contribution in [3.8, 4) is 0 Å². The second-order valence-corrected chi connectivity index (χ2v) is 12.1. The molecular weight excluding hydrogens is 476 g/mol. The molecule has 4 bridgehead atoms. The van der Waals surface area contributed by atoms with Crippen LogP contribution in [0, 0.1) is 28.6 Å². The van der Waals surface area contributed by atoms with E-state index >= 15 is 0 Å². The first kappa shape index (κ1) is 24.7. The summed E-state index contributed by atoms with van der Waals surface area (Å²) >= 11 is 0. The summed E-state index contributed by atoms with van der Waals surface area (Å²) in [5, 5.41) is 62.1. The minimum absolute atomic E-state index is 0.241. The Labute approximate surface area is 207 Å². The molecule has 2 heterocycles. The van der Waals surface area contributed by atoms with Crippen molar-refractivity contribution in [1.82, 2.24) is 0 Å². The summed E-state index contributed by atoms with van der Waals surface area (Å²) in [6.07, 6.45) is -6.13. The fourth-order valence-corrected chi connectivity index (χ4v) is 9.18. The van der Waals surface area contributed by atoms with E-state index in [2.05, 4.69) is 6.58 Å². The van der Waals surface area contributed by atoms with Gasteiger partial charge in [-0.15, -0.1) is 0 Å². The Kier molecular flexibility index (Phi) is 5.15. The third kappa shape index (κ3) is 2.72. The number of aliphatic carboxylic acids is 1. The Bertz CT molecular complexity index is 1010. The third-order valence-electron chi connectivity index (χ3n) is 10.7. The number of carboxylic acids is 1. The summed E-state index contributed by atoms with van der Waals surface area (Å²) in [5.74, 6) is -3.58. The zero-order valence-corrected chi connectivity index (χ0v) is 20.1. The van der Waals surface area contributed by atoms with Gasteiger partial charge in [0.1, 0.15) is 30.0 Å². The van der Waals surface area contributed by atoms with Gasteiger partial charge in [-0.1, -0.05) is 6.58 Å². The molecule has 2 saturated heterocycles. The average Bonchev–Trinajstić information content (AvgIpc) is 3.24. The fourth-order valence-electron chi connectivity index (χ4n) is 9.18. The van der Waals surface area contributed by atoms with Gasteiger partial charge < -0.3 is 44.8 Å². The second kappa shape index (κ2) is 7.49. The zero-order chi connectivity index (χ0) is 26.0. The molecule has 13 atom stereocenters. The highest BCUT2D eigenvalue weighted by Gasteiger charge is 2.84. The molecular formula is C25H34O11. The van der Waals surface area contributed by atoms with Crippen LogP contribution < -0.4 is 0 Å². The molecule has 6 N–H and O–H groups in total. The molecule has 6 fully saturated rings. The Morgan fingerprint density at radius 3 is 2.56 bits per heavy atom. The Hall–Kier alpha value is -1.60. The van der Waals surface area contributed by atoms with Crippen LogP contribution in [-0.4, -0.2) is 97.2 Å². The number of aliphatic hydroxyl groups is 5. The smallest absolute Gasteiger partial charge is 0.315 e. The van der Waals surface area contributed by atoms with Gasteiger partial charge in [-0.25, -0.2) is 0 Å². The first-order valence-electron chi connectivity index (χ1n) is 12.7. The summed E-state index contributed by atoms with van der Waals surface area (Å²) in [4.78, 5) is 26.4.